The number of thioether (sulfide) groups is 2. The molecule has 2 aromatic carbocycles. The van der Waals surface area contributed by atoms with Crippen LogP contribution in [0.15, 0.2) is 67.6 Å². The van der Waals surface area contributed by atoms with Gasteiger partial charge in [0.05, 0.1) is 12.0 Å². The van der Waals surface area contributed by atoms with Gasteiger partial charge in [-0.1, -0.05) is 75.1 Å². The molecule has 0 bridgehead atoms. The second-order valence-corrected chi connectivity index (χ2v) is 10.6. The molecule has 2 heterocycles. The van der Waals surface area contributed by atoms with Crippen molar-refractivity contribution in [1.82, 2.24) is 25.4 Å². The number of anilines is 2. The summed E-state index contributed by atoms with van der Waals surface area (Å²) in [6.07, 6.45) is 1.46. The van der Waals surface area contributed by atoms with Crippen molar-refractivity contribution in [2.24, 2.45) is 5.10 Å². The van der Waals surface area contributed by atoms with E-state index in [1.165, 1.54) is 34.9 Å². The van der Waals surface area contributed by atoms with Crippen LogP contribution in [0, 0.1) is 0 Å². The highest BCUT2D eigenvalue weighted by molar-refractivity contribution is 9.10. The van der Waals surface area contributed by atoms with Crippen LogP contribution in [0.4, 0.5) is 11.1 Å². The largest absolute Gasteiger partial charge is 0.507 e. The molecule has 1 amide bonds. The van der Waals surface area contributed by atoms with Crippen molar-refractivity contribution in [2.75, 3.05) is 16.5 Å². The highest BCUT2D eigenvalue weighted by Gasteiger charge is 2.11. The van der Waals surface area contributed by atoms with Gasteiger partial charge in [0.25, 0.3) is 0 Å². The fourth-order valence-electron chi connectivity index (χ4n) is 2.50. The van der Waals surface area contributed by atoms with Crippen LogP contribution in [0.5, 0.6) is 5.75 Å². The van der Waals surface area contributed by atoms with Gasteiger partial charge < -0.3 is 5.11 Å². The summed E-state index contributed by atoms with van der Waals surface area (Å²) in [6.45, 7) is 0. The van der Waals surface area contributed by atoms with Crippen molar-refractivity contribution < 1.29 is 9.90 Å². The van der Waals surface area contributed by atoms with Crippen LogP contribution in [0.3, 0.4) is 0 Å². The van der Waals surface area contributed by atoms with Gasteiger partial charge in [-0.05, 0) is 29.8 Å². The van der Waals surface area contributed by atoms with E-state index >= 15 is 0 Å². The number of nitrogens with zero attached hydrogens (tertiary/aromatic N) is 5. The van der Waals surface area contributed by atoms with Gasteiger partial charge in [-0.15, -0.1) is 15.3 Å². The van der Waals surface area contributed by atoms with Gasteiger partial charge in [-0.3, -0.25) is 10.1 Å². The van der Waals surface area contributed by atoms with E-state index in [0.29, 0.717) is 21.8 Å². The Bertz CT molecular complexity index is 1300. The monoisotopic (exact) mass is 576 g/mol. The summed E-state index contributed by atoms with van der Waals surface area (Å²) in [4.78, 5) is 16.4. The average molecular weight is 578 g/mol. The lowest BCUT2D eigenvalue weighted by atomic mass is 10.2. The number of phenols is 1. The zero-order valence-corrected chi connectivity index (χ0v) is 21.3. The van der Waals surface area contributed by atoms with E-state index in [4.69, 9.17) is 0 Å². The minimum atomic E-state index is -0.235. The Kier molecular flexibility index (Phi) is 8.51. The minimum absolute atomic E-state index is 0.110. The van der Waals surface area contributed by atoms with Crippen molar-refractivity contribution in [3.05, 3.63) is 64.1 Å². The van der Waals surface area contributed by atoms with Crippen LogP contribution >= 0.6 is 50.8 Å². The van der Waals surface area contributed by atoms with Gasteiger partial charge in [0.2, 0.25) is 22.1 Å². The van der Waals surface area contributed by atoms with E-state index in [-0.39, 0.29) is 17.4 Å². The minimum Gasteiger partial charge on any atom is -0.507 e. The molecular weight excluding hydrogens is 560 g/mol. The number of carbonyl (C=O) groups is 1. The highest BCUT2D eigenvalue weighted by atomic mass is 79.9. The van der Waals surface area contributed by atoms with Gasteiger partial charge >= 0.3 is 0 Å². The molecule has 0 atom stereocenters. The molecule has 174 valence electrons. The SMILES string of the molecule is O=C(CSc1n[nH]c(N/N=C\c2ccccc2O)n1)Nc1nnc(SCc2cccc(Br)c2)s1. The normalized spacial score (nSPS) is 11.1. The Morgan fingerprint density at radius 2 is 2.09 bits per heavy atom. The zero-order valence-electron chi connectivity index (χ0n) is 17.3. The van der Waals surface area contributed by atoms with E-state index in [1.807, 2.05) is 18.2 Å². The fourth-order valence-corrected chi connectivity index (χ4v) is 5.25. The molecule has 2 aromatic heterocycles. The van der Waals surface area contributed by atoms with Crippen molar-refractivity contribution in [3.8, 4) is 5.75 Å². The van der Waals surface area contributed by atoms with E-state index in [1.54, 1.807) is 36.0 Å². The van der Waals surface area contributed by atoms with Gasteiger partial charge in [-0.25, -0.2) is 10.5 Å². The van der Waals surface area contributed by atoms with Crippen LogP contribution in [0.25, 0.3) is 0 Å². The topological polar surface area (TPSA) is 141 Å². The van der Waals surface area contributed by atoms with Crippen molar-refractivity contribution in [2.45, 2.75) is 15.2 Å². The first kappa shape index (κ1) is 24.2. The summed E-state index contributed by atoms with van der Waals surface area (Å²) in [5.74, 6) is 1.07. The van der Waals surface area contributed by atoms with E-state index in [0.717, 1.165) is 14.6 Å². The molecule has 4 N–H and O–H groups in total. The first-order chi connectivity index (χ1) is 16.5. The third-order valence-corrected chi connectivity index (χ3v) is 7.40. The molecule has 0 aliphatic carbocycles. The second kappa shape index (κ2) is 12.0. The van der Waals surface area contributed by atoms with Crippen LogP contribution < -0.4 is 10.7 Å². The predicted molar refractivity (Wildman–Crippen MR) is 139 cm³/mol. The van der Waals surface area contributed by atoms with Crippen LogP contribution in [0.2, 0.25) is 0 Å². The summed E-state index contributed by atoms with van der Waals surface area (Å²) in [5.41, 5.74) is 4.42. The molecule has 0 spiro atoms. The number of aromatic nitrogens is 5. The van der Waals surface area contributed by atoms with Gasteiger partial charge in [0, 0.05) is 15.8 Å². The number of H-pyrrole nitrogens is 1. The first-order valence-corrected chi connectivity index (χ1v) is 13.3. The Morgan fingerprint density at radius 3 is 2.94 bits per heavy atom. The summed E-state index contributed by atoms with van der Waals surface area (Å²) in [5, 5.41) is 32.1. The Morgan fingerprint density at radius 1 is 1.21 bits per heavy atom. The van der Waals surface area contributed by atoms with Gasteiger partial charge in [-0.2, -0.15) is 10.1 Å². The maximum atomic E-state index is 12.2. The Hall–Kier alpha value is -2.94. The molecule has 0 aliphatic heterocycles. The molecule has 10 nitrogen and oxygen atoms in total. The number of halogens is 1. The maximum absolute atomic E-state index is 12.2. The Labute approximate surface area is 215 Å². The van der Waals surface area contributed by atoms with Crippen molar-refractivity contribution >= 4 is 74.0 Å². The zero-order chi connectivity index (χ0) is 23.8. The molecule has 0 unspecified atom stereocenters. The van der Waals surface area contributed by atoms with Gasteiger partial charge in [0.1, 0.15) is 5.75 Å². The van der Waals surface area contributed by atoms with Crippen molar-refractivity contribution in [1.29, 1.82) is 0 Å². The number of nitrogens with one attached hydrogen (secondary N) is 3. The number of hydrogen-bond donors (Lipinski definition) is 4. The molecular formula is C20H17BrN8O2S3. The number of benzene rings is 2. The standard InChI is InChI=1S/C20H17BrN8O2S3/c21-14-6-3-4-12(8-14)10-33-20-29-28-19(34-20)23-16(31)11-32-18-24-17(26-27-18)25-22-9-13-5-1-2-7-15(13)30/h1-9,30H,10-11H2,(H,23,28,31)(H2,24,25,26,27)/b22-9-. The number of hydrazone groups is 1. The number of aromatic amines is 1. The number of amides is 1. The molecule has 0 aliphatic rings. The summed E-state index contributed by atoms with van der Waals surface area (Å²) >= 11 is 7.51. The highest BCUT2D eigenvalue weighted by Crippen LogP contribution is 2.29. The molecule has 14 heteroatoms. The van der Waals surface area contributed by atoms with E-state index in [2.05, 4.69) is 63.2 Å². The van der Waals surface area contributed by atoms with E-state index in [9.17, 15) is 9.90 Å². The number of phenolic OH excluding ortho intramolecular Hbond substituents is 1. The van der Waals surface area contributed by atoms with Crippen LogP contribution in [0.1, 0.15) is 11.1 Å². The number of rotatable bonds is 10. The lowest BCUT2D eigenvalue weighted by Gasteiger charge is -1.99. The number of hydrogen-bond acceptors (Lipinski definition) is 11. The quantitative estimate of drug-likeness (QED) is 0.0922. The molecule has 4 aromatic rings. The molecule has 0 saturated carbocycles. The van der Waals surface area contributed by atoms with Crippen LogP contribution in [-0.2, 0) is 10.5 Å². The second-order valence-electron chi connectivity index (χ2n) is 6.52. The lowest BCUT2D eigenvalue weighted by Crippen LogP contribution is -2.13. The fraction of sp³-hybridized carbons (Fsp3) is 0.100. The third kappa shape index (κ3) is 7.28. The smallest absolute Gasteiger partial charge is 0.240 e. The molecule has 4 rings (SSSR count). The van der Waals surface area contributed by atoms with Crippen LogP contribution in [-0.4, -0.2) is 48.4 Å². The Balaban J connectivity index is 1.20. The first-order valence-electron chi connectivity index (χ1n) is 9.68. The predicted octanol–water partition coefficient (Wildman–Crippen LogP) is 4.59. The van der Waals surface area contributed by atoms with Crippen molar-refractivity contribution in [3.63, 3.8) is 0 Å². The number of carbonyl (C=O) groups excluding carboxylic acids is 1. The summed E-state index contributed by atoms with van der Waals surface area (Å²) < 4.78 is 1.81. The molecule has 0 saturated heterocycles. The molecule has 0 fully saturated rings. The number of aromatic hydroxyl groups is 1. The lowest BCUT2D eigenvalue weighted by molar-refractivity contribution is -0.113. The van der Waals surface area contributed by atoms with E-state index < -0.39 is 0 Å². The van der Waals surface area contributed by atoms with Gasteiger partial charge in [0.15, 0.2) is 4.34 Å². The summed E-state index contributed by atoms with van der Waals surface area (Å²) in [6, 6.07) is 14.9. The molecule has 34 heavy (non-hydrogen) atoms. The number of para-hydroxylation sites is 1. The molecule has 0 radical (unpaired) electrons. The maximum Gasteiger partial charge on any atom is 0.240 e. The summed E-state index contributed by atoms with van der Waals surface area (Å²) in [7, 11) is 0. The third-order valence-electron chi connectivity index (χ3n) is 4.01. The average Bonchev–Trinajstić information content (AvgIpc) is 3.47.